The predicted octanol–water partition coefficient (Wildman–Crippen LogP) is 7.06. The summed E-state index contributed by atoms with van der Waals surface area (Å²) in [6, 6.07) is 38.7. The molecule has 2 nitrogen and oxygen atoms in total. The monoisotopic (exact) mass is 384 g/mol. The molecule has 0 unspecified atom stereocenters. The van der Waals surface area contributed by atoms with Gasteiger partial charge in [-0.1, -0.05) is 84.9 Å². The van der Waals surface area contributed by atoms with Crippen LogP contribution in [0.25, 0.3) is 44.0 Å². The molecule has 0 amide bonds. The summed E-state index contributed by atoms with van der Waals surface area (Å²) in [7, 11) is 0. The van der Waals surface area contributed by atoms with Crippen molar-refractivity contribution >= 4 is 32.6 Å². The average molecular weight is 384 g/mol. The Balaban J connectivity index is 1.52. The SMILES string of the molecule is c1ccc2cc(Cn3c(-c4ccc5ccccc5c4)nc4ccccc43)ccc2c1. The second-order valence-electron chi connectivity index (χ2n) is 7.75. The number of imidazole rings is 1. The van der Waals surface area contributed by atoms with Crippen LogP contribution in [0.4, 0.5) is 0 Å². The summed E-state index contributed by atoms with van der Waals surface area (Å²) in [5.74, 6) is 1.01. The number of rotatable bonds is 3. The summed E-state index contributed by atoms with van der Waals surface area (Å²) < 4.78 is 2.34. The molecule has 0 fully saturated rings. The van der Waals surface area contributed by atoms with Crippen LogP contribution in [0, 0.1) is 0 Å². The maximum Gasteiger partial charge on any atom is 0.141 e. The molecule has 2 heteroatoms. The molecule has 6 aromatic rings. The van der Waals surface area contributed by atoms with Gasteiger partial charge < -0.3 is 4.57 Å². The topological polar surface area (TPSA) is 17.8 Å². The third kappa shape index (κ3) is 2.85. The van der Waals surface area contributed by atoms with Gasteiger partial charge in [0.15, 0.2) is 0 Å². The average Bonchev–Trinajstić information content (AvgIpc) is 3.17. The van der Waals surface area contributed by atoms with Crippen LogP contribution in [0.1, 0.15) is 5.56 Å². The summed E-state index contributed by atoms with van der Waals surface area (Å²) in [6.45, 7) is 0.785. The molecule has 0 saturated heterocycles. The molecule has 0 saturated carbocycles. The van der Waals surface area contributed by atoms with Crippen LogP contribution in [0.15, 0.2) is 109 Å². The fourth-order valence-corrected chi connectivity index (χ4v) is 4.30. The van der Waals surface area contributed by atoms with Gasteiger partial charge in [-0.15, -0.1) is 0 Å². The fraction of sp³-hybridized carbons (Fsp3) is 0.0357. The summed E-state index contributed by atoms with van der Waals surface area (Å²) >= 11 is 0. The smallest absolute Gasteiger partial charge is 0.141 e. The second kappa shape index (κ2) is 6.85. The minimum atomic E-state index is 0.785. The third-order valence-electron chi connectivity index (χ3n) is 5.82. The van der Waals surface area contributed by atoms with Crippen LogP contribution >= 0.6 is 0 Å². The Morgan fingerprint density at radius 3 is 2.00 bits per heavy atom. The number of hydrogen-bond acceptors (Lipinski definition) is 1. The number of aromatic nitrogens is 2. The molecule has 1 aromatic heterocycles. The highest BCUT2D eigenvalue weighted by Gasteiger charge is 2.13. The maximum absolute atomic E-state index is 5.01. The van der Waals surface area contributed by atoms with Crippen LogP contribution in [0.5, 0.6) is 0 Å². The van der Waals surface area contributed by atoms with E-state index in [2.05, 4.69) is 114 Å². The summed E-state index contributed by atoms with van der Waals surface area (Å²) in [5.41, 5.74) is 4.61. The first-order chi connectivity index (χ1) is 14.8. The Kier molecular flexibility index (Phi) is 3.88. The molecule has 0 radical (unpaired) electrons. The van der Waals surface area contributed by atoms with E-state index >= 15 is 0 Å². The van der Waals surface area contributed by atoms with E-state index in [0.717, 1.165) is 29.0 Å². The highest BCUT2D eigenvalue weighted by molar-refractivity contribution is 5.88. The standard InChI is InChI=1S/C28H20N2/c1-3-9-23-17-20(13-14-21(23)7-1)19-30-27-12-6-5-11-26(27)29-28(30)25-16-15-22-8-2-4-10-24(22)18-25/h1-18H,19H2. The second-order valence-corrected chi connectivity index (χ2v) is 7.75. The zero-order chi connectivity index (χ0) is 19.9. The van der Waals surface area contributed by atoms with Gasteiger partial charge in [0.2, 0.25) is 0 Å². The number of fused-ring (bicyclic) bond motifs is 3. The Labute approximate surface area is 175 Å². The van der Waals surface area contributed by atoms with Gasteiger partial charge in [0.1, 0.15) is 5.82 Å². The molecule has 0 aliphatic rings. The van der Waals surface area contributed by atoms with Crippen molar-refractivity contribution in [1.82, 2.24) is 9.55 Å². The van der Waals surface area contributed by atoms with Gasteiger partial charge in [-0.2, -0.15) is 0 Å². The van der Waals surface area contributed by atoms with Crippen molar-refractivity contribution in [3.05, 3.63) is 115 Å². The van der Waals surface area contributed by atoms with Crippen molar-refractivity contribution in [3.63, 3.8) is 0 Å². The number of nitrogens with zero attached hydrogens (tertiary/aromatic N) is 2. The van der Waals surface area contributed by atoms with Crippen molar-refractivity contribution in [2.45, 2.75) is 6.54 Å². The molecule has 0 atom stereocenters. The quantitative estimate of drug-likeness (QED) is 0.319. The van der Waals surface area contributed by atoms with Gasteiger partial charge in [-0.3, -0.25) is 0 Å². The minimum Gasteiger partial charge on any atom is -0.319 e. The van der Waals surface area contributed by atoms with Gasteiger partial charge in [0, 0.05) is 12.1 Å². The number of benzene rings is 5. The normalized spacial score (nSPS) is 11.5. The van der Waals surface area contributed by atoms with Crippen LogP contribution in [-0.4, -0.2) is 9.55 Å². The van der Waals surface area contributed by atoms with Crippen LogP contribution in [-0.2, 0) is 6.54 Å². The van der Waals surface area contributed by atoms with Crippen LogP contribution in [0.2, 0.25) is 0 Å². The third-order valence-corrected chi connectivity index (χ3v) is 5.82. The van der Waals surface area contributed by atoms with Crippen molar-refractivity contribution in [2.24, 2.45) is 0 Å². The molecule has 6 rings (SSSR count). The highest BCUT2D eigenvalue weighted by atomic mass is 15.1. The predicted molar refractivity (Wildman–Crippen MR) is 126 cm³/mol. The van der Waals surface area contributed by atoms with Gasteiger partial charge >= 0.3 is 0 Å². The van der Waals surface area contributed by atoms with E-state index in [1.807, 2.05) is 0 Å². The largest absolute Gasteiger partial charge is 0.319 e. The maximum atomic E-state index is 5.01. The van der Waals surface area contributed by atoms with Gasteiger partial charge in [-0.05, 0) is 51.4 Å². The Morgan fingerprint density at radius 1 is 0.567 bits per heavy atom. The summed E-state index contributed by atoms with van der Waals surface area (Å²) in [4.78, 5) is 5.01. The van der Waals surface area contributed by atoms with Crippen LogP contribution in [0.3, 0.4) is 0 Å². The fourth-order valence-electron chi connectivity index (χ4n) is 4.30. The zero-order valence-corrected chi connectivity index (χ0v) is 16.5. The molecular weight excluding hydrogens is 364 g/mol. The van der Waals surface area contributed by atoms with Gasteiger partial charge in [0.05, 0.1) is 11.0 Å². The first kappa shape index (κ1) is 17.0. The van der Waals surface area contributed by atoms with Gasteiger partial charge in [0.25, 0.3) is 0 Å². The Bertz CT molecular complexity index is 1520. The Hall–Kier alpha value is -3.91. The lowest BCUT2D eigenvalue weighted by atomic mass is 10.1. The van der Waals surface area contributed by atoms with Crippen molar-refractivity contribution in [3.8, 4) is 11.4 Å². The lowest BCUT2D eigenvalue weighted by Crippen LogP contribution is -2.02. The van der Waals surface area contributed by atoms with Crippen molar-refractivity contribution in [1.29, 1.82) is 0 Å². The minimum absolute atomic E-state index is 0.785. The van der Waals surface area contributed by atoms with Crippen molar-refractivity contribution in [2.75, 3.05) is 0 Å². The van der Waals surface area contributed by atoms with E-state index in [9.17, 15) is 0 Å². The molecule has 0 bridgehead atoms. The lowest BCUT2D eigenvalue weighted by molar-refractivity contribution is 0.836. The van der Waals surface area contributed by atoms with E-state index in [4.69, 9.17) is 4.98 Å². The summed E-state index contributed by atoms with van der Waals surface area (Å²) in [6.07, 6.45) is 0. The molecule has 0 spiro atoms. The van der Waals surface area contributed by atoms with E-state index in [0.29, 0.717) is 0 Å². The molecule has 142 valence electrons. The molecule has 0 N–H and O–H groups in total. The molecular formula is C28H20N2. The number of para-hydroxylation sites is 2. The Morgan fingerprint density at radius 2 is 1.20 bits per heavy atom. The molecule has 1 heterocycles. The van der Waals surface area contributed by atoms with E-state index < -0.39 is 0 Å². The first-order valence-electron chi connectivity index (χ1n) is 10.3. The highest BCUT2D eigenvalue weighted by Crippen LogP contribution is 2.29. The van der Waals surface area contributed by atoms with E-state index in [-0.39, 0.29) is 0 Å². The molecule has 0 aliphatic heterocycles. The molecule has 5 aromatic carbocycles. The number of hydrogen-bond donors (Lipinski definition) is 0. The lowest BCUT2D eigenvalue weighted by Gasteiger charge is -2.11. The summed E-state index contributed by atoms with van der Waals surface area (Å²) in [5, 5.41) is 5.02. The van der Waals surface area contributed by atoms with Gasteiger partial charge in [-0.25, -0.2) is 4.98 Å². The molecule has 30 heavy (non-hydrogen) atoms. The van der Waals surface area contributed by atoms with Crippen LogP contribution < -0.4 is 0 Å². The zero-order valence-electron chi connectivity index (χ0n) is 16.5. The van der Waals surface area contributed by atoms with E-state index in [1.165, 1.54) is 27.1 Å². The first-order valence-corrected chi connectivity index (χ1v) is 10.3. The van der Waals surface area contributed by atoms with E-state index in [1.54, 1.807) is 0 Å². The van der Waals surface area contributed by atoms with Crippen molar-refractivity contribution < 1.29 is 0 Å². The molecule has 0 aliphatic carbocycles.